The van der Waals surface area contributed by atoms with E-state index in [1.807, 2.05) is 6.92 Å². The molecule has 0 aromatic carbocycles. The van der Waals surface area contributed by atoms with Crippen LogP contribution in [-0.4, -0.2) is 17.6 Å². The molecule has 0 amide bonds. The second-order valence-corrected chi connectivity index (χ2v) is 4.43. The number of carboxylic acids is 1. The van der Waals surface area contributed by atoms with E-state index in [2.05, 4.69) is 13.8 Å². The highest BCUT2D eigenvalue weighted by molar-refractivity contribution is 5.74. The molecule has 0 radical (unpaired) electrons. The van der Waals surface area contributed by atoms with Gasteiger partial charge in [-0.25, -0.2) is 0 Å². The first-order valence-corrected chi connectivity index (χ1v) is 5.99. The van der Waals surface area contributed by atoms with E-state index in [1.165, 1.54) is 0 Å². The molecule has 0 heterocycles. The fourth-order valence-corrected chi connectivity index (χ4v) is 2.18. The molecule has 0 rings (SSSR count). The van der Waals surface area contributed by atoms with Gasteiger partial charge in [-0.05, 0) is 18.8 Å². The van der Waals surface area contributed by atoms with E-state index in [1.54, 1.807) is 0 Å². The second kappa shape index (κ2) is 6.83. The topological polar surface area (TPSA) is 63.3 Å². The van der Waals surface area contributed by atoms with Crippen molar-refractivity contribution in [3.05, 3.63) is 0 Å². The average Bonchev–Trinajstić information content (AvgIpc) is 2.24. The Hall–Kier alpha value is -0.570. The van der Waals surface area contributed by atoms with Gasteiger partial charge >= 0.3 is 5.97 Å². The first-order valence-electron chi connectivity index (χ1n) is 5.99. The maximum atomic E-state index is 11.3. The van der Waals surface area contributed by atoms with Crippen LogP contribution in [0.1, 0.15) is 52.9 Å². The quantitative estimate of drug-likeness (QED) is 0.654. The third kappa shape index (κ3) is 3.82. The predicted octanol–water partition coefficient (Wildman–Crippen LogP) is 2.64. The van der Waals surface area contributed by atoms with Crippen LogP contribution in [0.5, 0.6) is 0 Å². The maximum Gasteiger partial charge on any atom is 0.310 e. The van der Waals surface area contributed by atoms with Crippen LogP contribution in [-0.2, 0) is 4.79 Å². The van der Waals surface area contributed by atoms with Gasteiger partial charge in [0.05, 0.1) is 5.41 Å². The normalized spacial score (nSPS) is 15.3. The molecule has 0 saturated carbocycles. The minimum atomic E-state index is -0.723. The lowest BCUT2D eigenvalue weighted by molar-refractivity contribution is -0.150. The van der Waals surface area contributed by atoms with Crippen LogP contribution in [0.3, 0.4) is 0 Å². The van der Waals surface area contributed by atoms with Crippen LogP contribution in [0.15, 0.2) is 0 Å². The van der Waals surface area contributed by atoms with Crippen molar-refractivity contribution in [1.29, 1.82) is 0 Å². The molecule has 3 nitrogen and oxygen atoms in total. The number of nitrogens with two attached hydrogens (primary N) is 1. The summed E-state index contributed by atoms with van der Waals surface area (Å²) in [6.45, 7) is 6.50. The van der Waals surface area contributed by atoms with Crippen molar-refractivity contribution in [1.82, 2.24) is 0 Å². The standard InChI is InChI=1S/C12H25NO2/c1-4-7-12(9-13,11(14)15)8-10(5-2)6-3/h10H,4-9,13H2,1-3H3,(H,14,15). The van der Waals surface area contributed by atoms with Crippen molar-refractivity contribution in [3.8, 4) is 0 Å². The summed E-state index contributed by atoms with van der Waals surface area (Å²) in [7, 11) is 0. The van der Waals surface area contributed by atoms with Gasteiger partial charge in [0.2, 0.25) is 0 Å². The Morgan fingerprint density at radius 3 is 2.13 bits per heavy atom. The lowest BCUT2D eigenvalue weighted by Crippen LogP contribution is -2.40. The summed E-state index contributed by atoms with van der Waals surface area (Å²) in [6.07, 6.45) is 4.36. The van der Waals surface area contributed by atoms with Crippen molar-refractivity contribution < 1.29 is 9.90 Å². The van der Waals surface area contributed by atoms with Gasteiger partial charge in [-0.3, -0.25) is 4.79 Å². The van der Waals surface area contributed by atoms with E-state index in [9.17, 15) is 9.90 Å². The van der Waals surface area contributed by atoms with Gasteiger partial charge in [0, 0.05) is 6.54 Å². The number of rotatable bonds is 8. The van der Waals surface area contributed by atoms with Gasteiger partial charge in [0.1, 0.15) is 0 Å². The van der Waals surface area contributed by atoms with Gasteiger partial charge in [0.25, 0.3) is 0 Å². The van der Waals surface area contributed by atoms with E-state index in [-0.39, 0.29) is 6.54 Å². The van der Waals surface area contributed by atoms with Crippen molar-refractivity contribution in [2.75, 3.05) is 6.54 Å². The summed E-state index contributed by atoms with van der Waals surface area (Å²) in [5.74, 6) is -0.241. The smallest absolute Gasteiger partial charge is 0.310 e. The monoisotopic (exact) mass is 215 g/mol. The van der Waals surface area contributed by atoms with Gasteiger partial charge in [-0.15, -0.1) is 0 Å². The van der Waals surface area contributed by atoms with Gasteiger partial charge in [-0.2, -0.15) is 0 Å². The van der Waals surface area contributed by atoms with E-state index in [0.717, 1.165) is 25.7 Å². The second-order valence-electron chi connectivity index (χ2n) is 4.43. The summed E-state index contributed by atoms with van der Waals surface area (Å²) < 4.78 is 0. The Morgan fingerprint density at radius 1 is 1.33 bits per heavy atom. The molecule has 0 aliphatic heterocycles. The molecule has 0 aromatic rings. The molecule has 0 fully saturated rings. The highest BCUT2D eigenvalue weighted by Crippen LogP contribution is 2.33. The molecule has 0 saturated heterocycles. The van der Waals surface area contributed by atoms with Crippen molar-refractivity contribution >= 4 is 5.97 Å². The highest BCUT2D eigenvalue weighted by Gasteiger charge is 2.37. The fourth-order valence-electron chi connectivity index (χ4n) is 2.18. The SMILES string of the molecule is CCCC(CN)(CC(CC)CC)C(=O)O. The average molecular weight is 215 g/mol. The Morgan fingerprint density at radius 2 is 1.87 bits per heavy atom. The third-order valence-electron chi connectivity index (χ3n) is 3.41. The zero-order valence-electron chi connectivity index (χ0n) is 10.3. The van der Waals surface area contributed by atoms with Crippen LogP contribution in [0.2, 0.25) is 0 Å². The lowest BCUT2D eigenvalue weighted by atomic mass is 9.74. The van der Waals surface area contributed by atoms with Crippen LogP contribution < -0.4 is 5.73 Å². The molecule has 1 unspecified atom stereocenters. The number of carboxylic acid groups (broad SMARTS) is 1. The molecule has 0 aliphatic rings. The zero-order valence-corrected chi connectivity index (χ0v) is 10.3. The van der Waals surface area contributed by atoms with Gasteiger partial charge in [-0.1, -0.05) is 40.0 Å². The number of hydrogen-bond acceptors (Lipinski definition) is 2. The van der Waals surface area contributed by atoms with E-state index in [0.29, 0.717) is 12.3 Å². The van der Waals surface area contributed by atoms with Crippen LogP contribution in [0, 0.1) is 11.3 Å². The van der Waals surface area contributed by atoms with Gasteiger partial charge in [0.15, 0.2) is 0 Å². The molecule has 1 atom stereocenters. The Bertz CT molecular complexity index is 190. The van der Waals surface area contributed by atoms with Crippen molar-refractivity contribution in [2.45, 2.75) is 52.9 Å². The number of aliphatic carboxylic acids is 1. The molecule has 0 spiro atoms. The first-order chi connectivity index (χ1) is 7.06. The molecule has 15 heavy (non-hydrogen) atoms. The Balaban J connectivity index is 4.66. The largest absolute Gasteiger partial charge is 0.481 e. The van der Waals surface area contributed by atoms with Crippen molar-refractivity contribution in [2.24, 2.45) is 17.1 Å². The third-order valence-corrected chi connectivity index (χ3v) is 3.41. The fraction of sp³-hybridized carbons (Fsp3) is 0.917. The molecular weight excluding hydrogens is 190 g/mol. The first kappa shape index (κ1) is 14.4. The summed E-state index contributed by atoms with van der Waals surface area (Å²) >= 11 is 0. The minimum absolute atomic E-state index is 0.257. The van der Waals surface area contributed by atoms with E-state index in [4.69, 9.17) is 5.73 Å². The molecule has 0 aliphatic carbocycles. The van der Waals surface area contributed by atoms with E-state index < -0.39 is 11.4 Å². The molecule has 3 heteroatoms. The number of carbonyl (C=O) groups is 1. The predicted molar refractivity (Wildman–Crippen MR) is 62.7 cm³/mol. The molecule has 3 N–H and O–H groups in total. The molecule has 90 valence electrons. The molecule has 0 bridgehead atoms. The summed E-state index contributed by atoms with van der Waals surface area (Å²) in [5.41, 5.74) is 4.98. The highest BCUT2D eigenvalue weighted by atomic mass is 16.4. The Labute approximate surface area is 93.0 Å². The number of hydrogen-bond donors (Lipinski definition) is 2. The molecular formula is C12H25NO2. The summed E-state index contributed by atoms with van der Waals surface area (Å²) in [6, 6.07) is 0. The maximum absolute atomic E-state index is 11.3. The van der Waals surface area contributed by atoms with E-state index >= 15 is 0 Å². The lowest BCUT2D eigenvalue weighted by Gasteiger charge is -2.31. The van der Waals surface area contributed by atoms with Crippen molar-refractivity contribution in [3.63, 3.8) is 0 Å². The minimum Gasteiger partial charge on any atom is -0.481 e. The molecule has 0 aromatic heterocycles. The van der Waals surface area contributed by atoms with Gasteiger partial charge < -0.3 is 10.8 Å². The Kier molecular flexibility index (Phi) is 6.57. The van der Waals surface area contributed by atoms with Crippen LogP contribution >= 0.6 is 0 Å². The van der Waals surface area contributed by atoms with Crippen LogP contribution in [0.25, 0.3) is 0 Å². The summed E-state index contributed by atoms with van der Waals surface area (Å²) in [5, 5.41) is 9.31. The zero-order chi connectivity index (χ0) is 11.9. The van der Waals surface area contributed by atoms with Crippen LogP contribution in [0.4, 0.5) is 0 Å². The summed E-state index contributed by atoms with van der Waals surface area (Å²) in [4.78, 5) is 11.3.